The molecule has 4 rings (SSSR count). The Bertz CT molecular complexity index is 1280. The second-order valence-corrected chi connectivity index (χ2v) is 8.31. The Balaban J connectivity index is 1.49. The van der Waals surface area contributed by atoms with Gasteiger partial charge in [-0.2, -0.15) is 0 Å². The third-order valence-corrected chi connectivity index (χ3v) is 6.40. The van der Waals surface area contributed by atoms with Crippen molar-refractivity contribution in [3.63, 3.8) is 0 Å². The van der Waals surface area contributed by atoms with E-state index in [0.29, 0.717) is 10.7 Å². The molecular formula is C23H17FN2O4S2. The minimum absolute atomic E-state index is 0.214. The normalized spacial score (nSPS) is 10.7. The molecule has 0 unspecified atom stereocenters. The molecule has 0 amide bonds. The fraction of sp³-hybridized carbons (Fsp3) is 0.0435. The minimum Gasteiger partial charge on any atom is -0.507 e. The van der Waals surface area contributed by atoms with Gasteiger partial charge in [0, 0.05) is 34.5 Å². The van der Waals surface area contributed by atoms with Gasteiger partial charge < -0.3 is 19.7 Å². The van der Waals surface area contributed by atoms with Crippen LogP contribution in [-0.4, -0.2) is 28.3 Å². The van der Waals surface area contributed by atoms with Crippen LogP contribution in [0.1, 0.15) is 10.4 Å². The van der Waals surface area contributed by atoms with Crippen molar-refractivity contribution < 1.29 is 24.1 Å². The molecule has 0 fully saturated rings. The highest BCUT2D eigenvalue weighted by Gasteiger charge is 2.16. The van der Waals surface area contributed by atoms with Crippen LogP contribution in [0.3, 0.4) is 0 Å². The van der Waals surface area contributed by atoms with Crippen LogP contribution < -0.4 is 9.46 Å². The van der Waals surface area contributed by atoms with Gasteiger partial charge in [0.25, 0.3) is 0 Å². The second kappa shape index (κ2) is 9.29. The van der Waals surface area contributed by atoms with E-state index in [2.05, 4.69) is 9.71 Å². The van der Waals surface area contributed by atoms with Crippen molar-refractivity contribution in [2.45, 2.75) is 5.03 Å². The van der Waals surface area contributed by atoms with Crippen LogP contribution in [0.2, 0.25) is 0 Å². The molecule has 4 aromatic rings. The first-order chi connectivity index (χ1) is 15.5. The van der Waals surface area contributed by atoms with E-state index in [-0.39, 0.29) is 11.5 Å². The molecule has 0 saturated carbocycles. The summed E-state index contributed by atoms with van der Waals surface area (Å²) in [5, 5.41) is 22.4. The first kappa shape index (κ1) is 21.7. The zero-order valence-corrected chi connectivity index (χ0v) is 18.3. The second-order valence-electron chi connectivity index (χ2n) is 6.63. The maximum Gasteiger partial charge on any atom is 0.338 e. The molecule has 9 heteroatoms. The Morgan fingerprint density at radius 2 is 1.84 bits per heavy atom. The van der Waals surface area contributed by atoms with Crippen molar-refractivity contribution >= 4 is 34.9 Å². The number of aromatic hydroxyl groups is 1. The number of hydrogen-bond donors (Lipinski definition) is 3. The zero-order valence-electron chi connectivity index (χ0n) is 16.7. The van der Waals surface area contributed by atoms with Crippen molar-refractivity contribution in [2.24, 2.45) is 0 Å². The molecular weight excluding hydrogens is 451 g/mol. The molecule has 0 aliphatic heterocycles. The van der Waals surface area contributed by atoms with E-state index in [1.807, 2.05) is 41.8 Å². The van der Waals surface area contributed by atoms with Crippen LogP contribution >= 0.6 is 23.3 Å². The van der Waals surface area contributed by atoms with Gasteiger partial charge in [-0.25, -0.2) is 14.2 Å². The summed E-state index contributed by atoms with van der Waals surface area (Å²) in [6.07, 6.45) is 0. The van der Waals surface area contributed by atoms with Crippen LogP contribution in [0.25, 0.3) is 21.7 Å². The van der Waals surface area contributed by atoms with Gasteiger partial charge in [-0.1, -0.05) is 42.5 Å². The molecule has 0 atom stereocenters. The molecule has 0 aliphatic rings. The summed E-state index contributed by atoms with van der Waals surface area (Å²) in [5.41, 5.74) is 2.44. The van der Waals surface area contributed by atoms with Crippen molar-refractivity contribution in [1.29, 1.82) is 0 Å². The van der Waals surface area contributed by atoms with E-state index in [4.69, 9.17) is 9.84 Å². The van der Waals surface area contributed by atoms with Crippen LogP contribution in [0, 0.1) is 5.82 Å². The van der Waals surface area contributed by atoms with E-state index in [0.717, 1.165) is 33.8 Å². The molecule has 6 nitrogen and oxygen atoms in total. The molecule has 1 heterocycles. The largest absolute Gasteiger partial charge is 0.507 e. The number of halogens is 1. The third kappa shape index (κ3) is 4.53. The minimum atomic E-state index is -1.36. The van der Waals surface area contributed by atoms with Gasteiger partial charge >= 0.3 is 5.97 Å². The monoisotopic (exact) mass is 468 g/mol. The number of para-hydroxylation sites is 1. The number of hydrogen-bond acceptors (Lipinski definition) is 7. The lowest BCUT2D eigenvalue weighted by Gasteiger charge is -2.11. The quantitative estimate of drug-likeness (QED) is 0.280. The number of nitrogens with one attached hydrogen (secondary N) is 1. The molecule has 0 radical (unpaired) electrons. The molecule has 162 valence electrons. The van der Waals surface area contributed by atoms with Gasteiger partial charge in [0.2, 0.25) is 0 Å². The molecule has 0 spiro atoms. The highest BCUT2D eigenvalue weighted by atomic mass is 32.2. The highest BCUT2D eigenvalue weighted by molar-refractivity contribution is 8.00. The fourth-order valence-corrected chi connectivity index (χ4v) is 4.62. The number of anilines is 1. The summed E-state index contributed by atoms with van der Waals surface area (Å²) in [4.78, 5) is 15.7. The Labute approximate surface area is 191 Å². The Morgan fingerprint density at radius 1 is 1.12 bits per heavy atom. The standard InChI is InChI=1S/C23H17FN2O4S2/c1-30-20-10-16(23(28)29)17(24)11-18(20)26-32-21-12-31-22(25-21)14-8-6-13(7-9-14)15-4-2-3-5-19(15)27/h2-12,26-27H,1H3,(H,28,29). The molecule has 0 aliphatic carbocycles. The summed E-state index contributed by atoms with van der Waals surface area (Å²) in [6.45, 7) is 0. The Hall–Kier alpha value is -3.56. The number of phenolic OH excluding ortho intramolecular Hbond substituents is 1. The van der Waals surface area contributed by atoms with Gasteiger partial charge in [0.1, 0.15) is 27.3 Å². The lowest BCUT2D eigenvalue weighted by atomic mass is 10.0. The van der Waals surface area contributed by atoms with Crippen LogP contribution in [0.5, 0.6) is 11.5 Å². The van der Waals surface area contributed by atoms with Crippen LogP contribution in [0.4, 0.5) is 10.1 Å². The lowest BCUT2D eigenvalue weighted by Crippen LogP contribution is -2.03. The van der Waals surface area contributed by atoms with Crippen LogP contribution in [-0.2, 0) is 0 Å². The average molecular weight is 469 g/mol. The SMILES string of the molecule is COc1cc(C(=O)O)c(F)cc1NSc1csc(-c2ccc(-c3ccccc3O)cc2)n1. The number of benzene rings is 3. The van der Waals surface area contributed by atoms with Gasteiger partial charge in [-0.05, 0) is 17.7 Å². The third-order valence-electron chi connectivity index (χ3n) is 4.62. The van der Waals surface area contributed by atoms with E-state index in [1.54, 1.807) is 12.1 Å². The van der Waals surface area contributed by atoms with Crippen molar-refractivity contribution in [3.05, 3.63) is 77.4 Å². The Morgan fingerprint density at radius 3 is 2.53 bits per heavy atom. The van der Waals surface area contributed by atoms with Crippen molar-refractivity contribution in [3.8, 4) is 33.2 Å². The Kier molecular flexibility index (Phi) is 6.29. The smallest absolute Gasteiger partial charge is 0.338 e. The van der Waals surface area contributed by atoms with Crippen molar-refractivity contribution in [2.75, 3.05) is 11.8 Å². The van der Waals surface area contributed by atoms with E-state index >= 15 is 0 Å². The first-order valence-corrected chi connectivity index (χ1v) is 11.0. The molecule has 1 aromatic heterocycles. The number of carboxylic acid groups (broad SMARTS) is 1. The predicted molar refractivity (Wildman–Crippen MR) is 124 cm³/mol. The summed E-state index contributed by atoms with van der Waals surface area (Å²) < 4.78 is 22.2. The molecule has 3 N–H and O–H groups in total. The number of phenols is 1. The number of rotatable bonds is 7. The number of ether oxygens (including phenoxy) is 1. The molecule has 3 aromatic carbocycles. The maximum absolute atomic E-state index is 14.0. The lowest BCUT2D eigenvalue weighted by molar-refractivity contribution is 0.0691. The maximum atomic E-state index is 14.0. The first-order valence-electron chi connectivity index (χ1n) is 9.34. The van der Waals surface area contributed by atoms with Gasteiger partial charge in [0.05, 0.1) is 18.4 Å². The summed E-state index contributed by atoms with van der Waals surface area (Å²) in [6, 6.07) is 17.1. The number of aromatic carboxylic acids is 1. The zero-order chi connectivity index (χ0) is 22.7. The summed E-state index contributed by atoms with van der Waals surface area (Å²) in [7, 11) is 1.38. The predicted octanol–water partition coefficient (Wildman–Crippen LogP) is 6.15. The molecule has 0 saturated heterocycles. The number of aromatic nitrogens is 1. The van der Waals surface area contributed by atoms with E-state index < -0.39 is 17.3 Å². The van der Waals surface area contributed by atoms with E-state index in [1.165, 1.54) is 30.4 Å². The highest BCUT2D eigenvalue weighted by Crippen LogP contribution is 2.35. The number of carboxylic acids is 1. The van der Waals surface area contributed by atoms with Crippen molar-refractivity contribution in [1.82, 2.24) is 4.98 Å². The molecule has 32 heavy (non-hydrogen) atoms. The van der Waals surface area contributed by atoms with Gasteiger partial charge in [-0.15, -0.1) is 11.3 Å². The number of methoxy groups -OCH3 is 1. The number of nitrogens with zero attached hydrogens (tertiary/aromatic N) is 1. The van der Waals surface area contributed by atoms with Crippen LogP contribution in [0.15, 0.2) is 71.1 Å². The van der Waals surface area contributed by atoms with Gasteiger partial charge in [-0.3, -0.25) is 0 Å². The van der Waals surface area contributed by atoms with Gasteiger partial charge in [0.15, 0.2) is 0 Å². The number of thiazole rings is 1. The van der Waals surface area contributed by atoms with E-state index in [9.17, 15) is 14.3 Å². The summed E-state index contributed by atoms with van der Waals surface area (Å²) >= 11 is 2.62. The average Bonchev–Trinajstić information content (AvgIpc) is 3.27. The molecule has 0 bridgehead atoms. The topological polar surface area (TPSA) is 91.7 Å². The number of carbonyl (C=O) groups is 1. The fourth-order valence-electron chi connectivity index (χ4n) is 3.02. The summed E-state index contributed by atoms with van der Waals surface area (Å²) in [5.74, 6) is -1.78.